The van der Waals surface area contributed by atoms with Gasteiger partial charge >= 0.3 is 0 Å². The van der Waals surface area contributed by atoms with Crippen molar-refractivity contribution in [3.05, 3.63) is 35.1 Å². The first-order valence-electron chi connectivity index (χ1n) is 3.90. The van der Waals surface area contributed by atoms with E-state index >= 15 is 0 Å². The van der Waals surface area contributed by atoms with E-state index < -0.39 is 5.82 Å². The fourth-order valence-corrected chi connectivity index (χ4v) is 0.874. The van der Waals surface area contributed by atoms with Gasteiger partial charge in [-0.15, -0.1) is 0 Å². The largest absolute Gasteiger partial charge is 0.302 e. The molecule has 1 aromatic rings. The molecule has 0 saturated heterocycles. The molecule has 0 fully saturated rings. The number of benzene rings is 1. The van der Waals surface area contributed by atoms with Gasteiger partial charge in [-0.2, -0.15) is 5.26 Å². The molecule has 0 radical (unpaired) electrons. The molecular weight excluding hydrogens is 181 g/mol. The van der Waals surface area contributed by atoms with Crippen LogP contribution < -0.4 is 0 Å². The Kier molecular flexibility index (Phi) is 3.41. The minimum absolute atomic E-state index is 0.0828. The topological polar surface area (TPSA) is 40.9 Å². The van der Waals surface area contributed by atoms with Crippen LogP contribution in [-0.4, -0.2) is 6.29 Å². The van der Waals surface area contributed by atoms with Crippen molar-refractivity contribution in [2.24, 2.45) is 0 Å². The number of nitriles is 1. The molecule has 0 amide bonds. The van der Waals surface area contributed by atoms with E-state index in [-0.39, 0.29) is 17.5 Å². The van der Waals surface area contributed by atoms with Gasteiger partial charge in [-0.1, -0.05) is 11.8 Å². The molecule has 2 nitrogen and oxygen atoms in total. The monoisotopic (exact) mass is 187 g/mol. The number of hydrogen-bond acceptors (Lipinski definition) is 2. The van der Waals surface area contributed by atoms with Crippen LogP contribution in [0.3, 0.4) is 0 Å². The van der Waals surface area contributed by atoms with E-state index in [0.29, 0.717) is 6.29 Å². The summed E-state index contributed by atoms with van der Waals surface area (Å²) in [7, 11) is 0. The van der Waals surface area contributed by atoms with Crippen LogP contribution in [0.1, 0.15) is 17.5 Å². The lowest BCUT2D eigenvalue weighted by molar-refractivity contribution is -0.107. The van der Waals surface area contributed by atoms with E-state index in [2.05, 4.69) is 11.8 Å². The molecule has 68 valence electrons. The fourth-order valence-electron chi connectivity index (χ4n) is 0.874. The van der Waals surface area contributed by atoms with E-state index in [1.54, 1.807) is 0 Å². The number of rotatable bonds is 1. The first kappa shape index (κ1) is 9.95. The highest BCUT2D eigenvalue weighted by Crippen LogP contribution is 2.08. The van der Waals surface area contributed by atoms with Crippen LogP contribution >= 0.6 is 0 Å². The van der Waals surface area contributed by atoms with Crippen LogP contribution in [0.5, 0.6) is 0 Å². The standard InChI is InChI=1S/C11H6FNO/c12-11-7-9(8-13)4-5-10(11)3-1-2-6-14/h4-7H,2H2. The summed E-state index contributed by atoms with van der Waals surface area (Å²) < 4.78 is 13.1. The Labute approximate surface area is 81.0 Å². The molecule has 0 heterocycles. The number of halogens is 1. The van der Waals surface area contributed by atoms with Gasteiger partial charge in [-0.3, -0.25) is 0 Å². The summed E-state index contributed by atoms with van der Waals surface area (Å²) in [6, 6.07) is 5.84. The number of aldehydes is 1. The Morgan fingerprint density at radius 2 is 2.29 bits per heavy atom. The molecule has 0 aliphatic heterocycles. The van der Waals surface area contributed by atoms with Crippen LogP contribution in [0.25, 0.3) is 0 Å². The Morgan fingerprint density at radius 3 is 2.86 bits per heavy atom. The summed E-state index contributed by atoms with van der Waals surface area (Å²) in [6.07, 6.45) is 0.730. The summed E-state index contributed by atoms with van der Waals surface area (Å²) in [4.78, 5) is 9.94. The molecule has 0 spiro atoms. The minimum Gasteiger partial charge on any atom is -0.302 e. The van der Waals surface area contributed by atoms with Crippen LogP contribution in [0.15, 0.2) is 18.2 Å². The maximum absolute atomic E-state index is 13.1. The van der Waals surface area contributed by atoms with Gasteiger partial charge in [0.1, 0.15) is 12.1 Å². The van der Waals surface area contributed by atoms with E-state index in [1.165, 1.54) is 12.1 Å². The number of carbonyl (C=O) groups is 1. The van der Waals surface area contributed by atoms with Gasteiger partial charge in [0.25, 0.3) is 0 Å². The van der Waals surface area contributed by atoms with Crippen molar-refractivity contribution in [3.63, 3.8) is 0 Å². The van der Waals surface area contributed by atoms with Crippen molar-refractivity contribution >= 4 is 6.29 Å². The van der Waals surface area contributed by atoms with Crippen LogP contribution in [0.2, 0.25) is 0 Å². The zero-order chi connectivity index (χ0) is 10.4. The predicted molar refractivity (Wildman–Crippen MR) is 48.7 cm³/mol. The smallest absolute Gasteiger partial charge is 0.140 e. The third kappa shape index (κ3) is 2.43. The van der Waals surface area contributed by atoms with Crippen LogP contribution in [0.4, 0.5) is 4.39 Å². The summed E-state index contributed by atoms with van der Waals surface area (Å²) in [5, 5.41) is 8.47. The highest BCUT2D eigenvalue weighted by molar-refractivity contribution is 5.55. The summed E-state index contributed by atoms with van der Waals surface area (Å²) in [5.41, 5.74) is 0.453. The Bertz CT molecular complexity index is 449. The molecule has 1 aromatic carbocycles. The second-order valence-electron chi connectivity index (χ2n) is 2.48. The molecule has 0 bridgehead atoms. The van der Waals surface area contributed by atoms with Gasteiger partial charge < -0.3 is 4.79 Å². The lowest BCUT2D eigenvalue weighted by Crippen LogP contribution is -1.85. The summed E-state index contributed by atoms with van der Waals surface area (Å²) in [5.74, 6) is 4.45. The van der Waals surface area contributed by atoms with Crippen molar-refractivity contribution in [2.75, 3.05) is 0 Å². The average Bonchev–Trinajstić information content (AvgIpc) is 2.20. The van der Waals surface area contributed by atoms with Crippen molar-refractivity contribution < 1.29 is 9.18 Å². The molecule has 0 saturated carbocycles. The Hall–Kier alpha value is -2.13. The normalized spacial score (nSPS) is 8.29. The van der Waals surface area contributed by atoms with Crippen molar-refractivity contribution in [3.8, 4) is 17.9 Å². The molecule has 0 aliphatic carbocycles. The van der Waals surface area contributed by atoms with Gasteiger partial charge in [0.15, 0.2) is 0 Å². The summed E-state index contributed by atoms with van der Waals surface area (Å²) in [6.45, 7) is 0. The van der Waals surface area contributed by atoms with Gasteiger partial charge in [0.05, 0.1) is 23.6 Å². The molecule has 0 aliphatic rings. The first-order valence-corrected chi connectivity index (χ1v) is 3.90. The van der Waals surface area contributed by atoms with Gasteiger partial charge in [-0.05, 0) is 18.2 Å². The SMILES string of the molecule is N#Cc1ccc(C#CCC=O)c(F)c1. The molecule has 0 N–H and O–H groups in total. The van der Waals surface area contributed by atoms with E-state index in [9.17, 15) is 9.18 Å². The predicted octanol–water partition coefficient (Wildman–Crippen LogP) is 1.64. The second-order valence-corrected chi connectivity index (χ2v) is 2.48. The quantitative estimate of drug-likeness (QED) is 0.495. The lowest BCUT2D eigenvalue weighted by Gasteiger charge is -1.93. The maximum atomic E-state index is 13.1. The van der Waals surface area contributed by atoms with E-state index in [0.717, 1.165) is 6.07 Å². The molecule has 0 atom stereocenters. The molecule has 1 rings (SSSR count). The number of carbonyl (C=O) groups excluding carboxylic acids is 1. The highest BCUT2D eigenvalue weighted by atomic mass is 19.1. The van der Waals surface area contributed by atoms with E-state index in [4.69, 9.17) is 5.26 Å². The number of hydrogen-bond donors (Lipinski definition) is 0. The van der Waals surface area contributed by atoms with E-state index in [1.807, 2.05) is 6.07 Å². The fraction of sp³-hybridized carbons (Fsp3) is 0.0909. The maximum Gasteiger partial charge on any atom is 0.140 e. The van der Waals surface area contributed by atoms with Crippen molar-refractivity contribution in [2.45, 2.75) is 6.42 Å². The molecular formula is C11H6FNO. The molecule has 0 aromatic heterocycles. The average molecular weight is 187 g/mol. The molecule has 0 unspecified atom stereocenters. The Balaban J connectivity index is 2.97. The third-order valence-electron chi connectivity index (χ3n) is 1.51. The molecule has 14 heavy (non-hydrogen) atoms. The van der Waals surface area contributed by atoms with Crippen LogP contribution in [-0.2, 0) is 4.79 Å². The van der Waals surface area contributed by atoms with Gasteiger partial charge in [0.2, 0.25) is 0 Å². The van der Waals surface area contributed by atoms with Crippen molar-refractivity contribution in [1.82, 2.24) is 0 Å². The Morgan fingerprint density at radius 1 is 1.50 bits per heavy atom. The minimum atomic E-state index is -0.539. The second kappa shape index (κ2) is 4.79. The van der Waals surface area contributed by atoms with Gasteiger partial charge in [-0.25, -0.2) is 4.39 Å². The first-order chi connectivity index (χ1) is 6.77. The third-order valence-corrected chi connectivity index (χ3v) is 1.51. The van der Waals surface area contributed by atoms with Crippen molar-refractivity contribution in [1.29, 1.82) is 5.26 Å². The highest BCUT2D eigenvalue weighted by Gasteiger charge is 1.99. The number of nitrogens with zero attached hydrogens (tertiary/aromatic N) is 1. The lowest BCUT2D eigenvalue weighted by atomic mass is 10.1. The van der Waals surface area contributed by atoms with Gasteiger partial charge in [0, 0.05) is 0 Å². The summed E-state index contributed by atoms with van der Waals surface area (Å²) >= 11 is 0. The van der Waals surface area contributed by atoms with Crippen LogP contribution in [0, 0.1) is 29.0 Å². The zero-order valence-electron chi connectivity index (χ0n) is 7.25. The molecule has 3 heteroatoms. The zero-order valence-corrected chi connectivity index (χ0v) is 7.25.